The summed E-state index contributed by atoms with van der Waals surface area (Å²) < 4.78 is 7.56. The van der Waals surface area contributed by atoms with E-state index in [9.17, 15) is 5.26 Å². The van der Waals surface area contributed by atoms with Crippen LogP contribution in [0.1, 0.15) is 16.7 Å². The number of hydrogen-bond donors (Lipinski definition) is 0. The Morgan fingerprint density at radius 3 is 2.84 bits per heavy atom. The van der Waals surface area contributed by atoms with Crippen molar-refractivity contribution >= 4 is 22.8 Å². The van der Waals surface area contributed by atoms with Gasteiger partial charge in [-0.3, -0.25) is 0 Å². The highest BCUT2D eigenvalue weighted by Gasteiger charge is 2.17. The number of nitriles is 1. The lowest BCUT2D eigenvalue weighted by molar-refractivity contribution is 0.0926. The summed E-state index contributed by atoms with van der Waals surface area (Å²) in [6.45, 7) is 5.17. The van der Waals surface area contributed by atoms with Gasteiger partial charge in [0.2, 0.25) is 0 Å². The molecule has 0 saturated carbocycles. The van der Waals surface area contributed by atoms with Crippen LogP contribution in [0.5, 0.6) is 0 Å². The largest absolute Gasteiger partial charge is 0.360 e. The van der Waals surface area contributed by atoms with Crippen molar-refractivity contribution in [2.45, 2.75) is 20.6 Å². The van der Waals surface area contributed by atoms with Crippen molar-refractivity contribution in [2.75, 3.05) is 18.6 Å². The van der Waals surface area contributed by atoms with E-state index in [2.05, 4.69) is 48.1 Å². The van der Waals surface area contributed by atoms with E-state index >= 15 is 0 Å². The molecule has 0 bridgehead atoms. The van der Waals surface area contributed by atoms with Gasteiger partial charge in [0, 0.05) is 17.5 Å². The summed E-state index contributed by atoms with van der Waals surface area (Å²) in [5.41, 5.74) is 5.45. The number of aryl methyl sites for hydroxylation is 2. The van der Waals surface area contributed by atoms with Gasteiger partial charge in [0.15, 0.2) is 0 Å². The molecule has 0 amide bonds. The highest BCUT2D eigenvalue weighted by molar-refractivity contribution is 7.98. The summed E-state index contributed by atoms with van der Waals surface area (Å²) in [7, 11) is 0. The Hall–Kier alpha value is -2.36. The molecule has 0 aliphatic rings. The van der Waals surface area contributed by atoms with E-state index in [1.807, 2.05) is 10.8 Å². The van der Waals surface area contributed by atoms with E-state index in [1.165, 1.54) is 5.56 Å². The van der Waals surface area contributed by atoms with Gasteiger partial charge in [0.1, 0.15) is 24.8 Å². The Bertz CT molecular complexity index is 942. The van der Waals surface area contributed by atoms with Crippen LogP contribution in [0, 0.1) is 25.2 Å². The van der Waals surface area contributed by atoms with E-state index in [1.54, 1.807) is 24.3 Å². The molecule has 2 aromatic heterocycles. The second-order valence-electron chi connectivity index (χ2n) is 5.89. The SMILES string of the molecule is CSCCOCn1cc(C#N)c2c(-c3ccc(C)cc3C)ncnc21. The van der Waals surface area contributed by atoms with Crippen molar-refractivity contribution in [1.29, 1.82) is 5.26 Å². The maximum Gasteiger partial charge on any atom is 0.147 e. The summed E-state index contributed by atoms with van der Waals surface area (Å²) in [6, 6.07) is 8.51. The van der Waals surface area contributed by atoms with Crippen LogP contribution in [0.2, 0.25) is 0 Å². The number of rotatable bonds is 6. The van der Waals surface area contributed by atoms with Gasteiger partial charge in [-0.25, -0.2) is 9.97 Å². The van der Waals surface area contributed by atoms with Gasteiger partial charge >= 0.3 is 0 Å². The molecule has 0 spiro atoms. The minimum Gasteiger partial charge on any atom is -0.360 e. The van der Waals surface area contributed by atoms with Gasteiger partial charge in [-0.1, -0.05) is 23.8 Å². The van der Waals surface area contributed by atoms with Crippen LogP contribution in [0.4, 0.5) is 0 Å². The monoisotopic (exact) mass is 352 g/mol. The molecule has 0 unspecified atom stereocenters. The van der Waals surface area contributed by atoms with Crippen molar-refractivity contribution in [1.82, 2.24) is 14.5 Å². The lowest BCUT2D eigenvalue weighted by Crippen LogP contribution is -2.05. The molecule has 3 aromatic rings. The zero-order valence-corrected chi connectivity index (χ0v) is 15.4. The maximum absolute atomic E-state index is 9.58. The first kappa shape index (κ1) is 17.5. The van der Waals surface area contributed by atoms with Crippen LogP contribution < -0.4 is 0 Å². The molecule has 0 N–H and O–H groups in total. The number of aromatic nitrogens is 3. The number of benzene rings is 1. The summed E-state index contributed by atoms with van der Waals surface area (Å²) in [4.78, 5) is 8.88. The predicted molar refractivity (Wildman–Crippen MR) is 101 cm³/mol. The van der Waals surface area contributed by atoms with Crippen LogP contribution in [0.15, 0.2) is 30.7 Å². The molecular weight excluding hydrogens is 332 g/mol. The second-order valence-corrected chi connectivity index (χ2v) is 6.88. The molecule has 128 valence electrons. The van der Waals surface area contributed by atoms with E-state index in [4.69, 9.17) is 4.74 Å². The third kappa shape index (κ3) is 3.53. The lowest BCUT2D eigenvalue weighted by Gasteiger charge is -2.09. The Kier molecular flexibility index (Phi) is 5.37. The van der Waals surface area contributed by atoms with Crippen LogP contribution in [0.25, 0.3) is 22.3 Å². The molecule has 25 heavy (non-hydrogen) atoms. The normalized spacial score (nSPS) is 11.0. The Balaban J connectivity index is 2.09. The molecule has 1 aromatic carbocycles. The zero-order valence-electron chi connectivity index (χ0n) is 14.6. The lowest BCUT2D eigenvalue weighted by atomic mass is 10.00. The Morgan fingerprint density at radius 2 is 2.12 bits per heavy atom. The van der Waals surface area contributed by atoms with E-state index in [0.29, 0.717) is 18.9 Å². The molecule has 0 fully saturated rings. The zero-order chi connectivity index (χ0) is 17.8. The summed E-state index contributed by atoms with van der Waals surface area (Å²) in [5, 5.41) is 10.4. The fraction of sp³-hybridized carbons (Fsp3) is 0.316. The topological polar surface area (TPSA) is 63.7 Å². The quantitative estimate of drug-likeness (QED) is 0.629. The minimum atomic E-state index is 0.377. The molecule has 0 radical (unpaired) electrons. The standard InChI is InChI=1S/C19H20N4OS/c1-13-4-5-16(14(2)8-13)18-17-15(9-20)10-23(12-24-6-7-25-3)19(17)22-11-21-18/h4-5,8,10-11H,6-7,12H2,1-3H3. The van der Waals surface area contributed by atoms with Crippen LogP contribution >= 0.6 is 11.8 Å². The average Bonchev–Trinajstić information content (AvgIpc) is 2.97. The van der Waals surface area contributed by atoms with Crippen LogP contribution in [-0.4, -0.2) is 33.2 Å². The van der Waals surface area contributed by atoms with Gasteiger partial charge in [0.05, 0.1) is 23.3 Å². The molecule has 0 atom stereocenters. The number of nitrogens with zero attached hydrogens (tertiary/aromatic N) is 4. The highest BCUT2D eigenvalue weighted by atomic mass is 32.2. The fourth-order valence-corrected chi connectivity index (χ4v) is 3.18. The van der Waals surface area contributed by atoms with Gasteiger partial charge in [-0.15, -0.1) is 0 Å². The fourth-order valence-electron chi connectivity index (χ4n) is 2.90. The third-order valence-electron chi connectivity index (χ3n) is 4.07. The van der Waals surface area contributed by atoms with Crippen LogP contribution in [0.3, 0.4) is 0 Å². The summed E-state index contributed by atoms with van der Waals surface area (Å²) in [5.74, 6) is 0.938. The molecule has 6 heteroatoms. The number of thioether (sulfide) groups is 1. The molecule has 0 aliphatic carbocycles. The molecule has 0 saturated heterocycles. The van der Waals surface area contributed by atoms with Crippen molar-refractivity contribution in [3.63, 3.8) is 0 Å². The highest BCUT2D eigenvalue weighted by Crippen LogP contribution is 2.31. The number of hydrogen-bond acceptors (Lipinski definition) is 5. The first-order chi connectivity index (χ1) is 12.2. The van der Waals surface area contributed by atoms with Crippen molar-refractivity contribution in [2.24, 2.45) is 0 Å². The van der Waals surface area contributed by atoms with Crippen LogP contribution in [-0.2, 0) is 11.5 Å². The third-order valence-corrected chi connectivity index (χ3v) is 4.65. The molecular formula is C19H20N4OS. The average molecular weight is 352 g/mol. The minimum absolute atomic E-state index is 0.377. The summed E-state index contributed by atoms with van der Waals surface area (Å²) >= 11 is 1.74. The van der Waals surface area contributed by atoms with Gasteiger partial charge < -0.3 is 9.30 Å². The first-order valence-corrected chi connectivity index (χ1v) is 9.43. The molecule has 2 heterocycles. The first-order valence-electron chi connectivity index (χ1n) is 8.04. The number of ether oxygens (including phenoxy) is 1. The van der Waals surface area contributed by atoms with Crippen molar-refractivity contribution in [3.05, 3.63) is 47.4 Å². The van der Waals surface area contributed by atoms with Gasteiger partial charge in [-0.2, -0.15) is 17.0 Å². The van der Waals surface area contributed by atoms with Gasteiger partial charge in [-0.05, 0) is 25.7 Å². The van der Waals surface area contributed by atoms with E-state index in [-0.39, 0.29) is 0 Å². The van der Waals surface area contributed by atoms with E-state index in [0.717, 1.165) is 33.6 Å². The number of fused-ring (bicyclic) bond motifs is 1. The molecule has 0 aliphatic heterocycles. The van der Waals surface area contributed by atoms with Crippen molar-refractivity contribution in [3.8, 4) is 17.3 Å². The molecule has 3 rings (SSSR count). The van der Waals surface area contributed by atoms with Gasteiger partial charge in [0.25, 0.3) is 0 Å². The Labute approximate surface area is 151 Å². The van der Waals surface area contributed by atoms with Crippen molar-refractivity contribution < 1.29 is 4.74 Å². The molecule has 5 nitrogen and oxygen atoms in total. The van der Waals surface area contributed by atoms with E-state index < -0.39 is 0 Å². The smallest absolute Gasteiger partial charge is 0.147 e. The maximum atomic E-state index is 9.58. The summed E-state index contributed by atoms with van der Waals surface area (Å²) in [6.07, 6.45) is 5.40. The second kappa shape index (κ2) is 7.68. The predicted octanol–water partition coefficient (Wildman–Crippen LogP) is 3.92. The Morgan fingerprint density at radius 1 is 1.28 bits per heavy atom.